The van der Waals surface area contributed by atoms with Gasteiger partial charge in [0.2, 0.25) is 11.7 Å². The summed E-state index contributed by atoms with van der Waals surface area (Å²) in [6.45, 7) is 4.67. The summed E-state index contributed by atoms with van der Waals surface area (Å²) >= 11 is 6.07. The van der Waals surface area contributed by atoms with Crippen LogP contribution in [-0.2, 0) is 0 Å². The highest BCUT2D eigenvalue weighted by molar-refractivity contribution is 6.30. The molecule has 1 saturated heterocycles. The highest BCUT2D eigenvalue weighted by atomic mass is 35.5. The Hall–Kier alpha value is -2.86. The van der Waals surface area contributed by atoms with Crippen LogP contribution in [0.25, 0.3) is 11.4 Å². The molecule has 0 aliphatic carbocycles. The fourth-order valence-corrected chi connectivity index (χ4v) is 3.88. The van der Waals surface area contributed by atoms with Crippen molar-refractivity contribution in [3.8, 4) is 11.4 Å². The summed E-state index contributed by atoms with van der Waals surface area (Å²) in [5.74, 6) is 0.929. The maximum Gasteiger partial charge on any atom is 0.322 e. The van der Waals surface area contributed by atoms with Crippen LogP contribution in [0.15, 0.2) is 47.0 Å². The molecule has 0 bridgehead atoms. The first-order chi connectivity index (χ1) is 14.0. The molecule has 1 fully saturated rings. The number of amides is 2. The molecule has 1 aliphatic heterocycles. The predicted molar refractivity (Wildman–Crippen MR) is 113 cm³/mol. The third kappa shape index (κ3) is 4.27. The van der Waals surface area contributed by atoms with E-state index in [4.69, 9.17) is 16.1 Å². The van der Waals surface area contributed by atoms with Gasteiger partial charge in [-0.05, 0) is 56.9 Å². The zero-order valence-electron chi connectivity index (χ0n) is 16.5. The fraction of sp³-hybridized carbons (Fsp3) is 0.318. The van der Waals surface area contributed by atoms with Crippen molar-refractivity contribution in [2.24, 2.45) is 0 Å². The van der Waals surface area contributed by atoms with Gasteiger partial charge in [-0.2, -0.15) is 4.98 Å². The van der Waals surface area contributed by atoms with Crippen molar-refractivity contribution in [3.05, 3.63) is 64.5 Å². The van der Waals surface area contributed by atoms with E-state index in [0.717, 1.165) is 41.6 Å². The molecule has 0 unspecified atom stereocenters. The second kappa shape index (κ2) is 8.25. The first-order valence-corrected chi connectivity index (χ1v) is 10.1. The van der Waals surface area contributed by atoms with Gasteiger partial charge in [-0.25, -0.2) is 4.79 Å². The van der Waals surface area contributed by atoms with Gasteiger partial charge in [-0.1, -0.05) is 46.6 Å². The molecule has 6 nitrogen and oxygen atoms in total. The number of urea groups is 1. The number of benzene rings is 2. The lowest BCUT2D eigenvalue weighted by atomic mass is 10.0. The molecule has 1 aliphatic rings. The number of aryl methyl sites for hydroxylation is 2. The summed E-state index contributed by atoms with van der Waals surface area (Å²) in [6, 6.07) is 12.9. The second-order valence-electron chi connectivity index (χ2n) is 7.42. The number of carbonyl (C=O) groups is 1. The lowest BCUT2D eigenvalue weighted by Gasteiger charge is -2.33. The number of anilines is 1. The summed E-state index contributed by atoms with van der Waals surface area (Å²) < 4.78 is 5.54. The summed E-state index contributed by atoms with van der Waals surface area (Å²) in [5, 5.41) is 7.75. The van der Waals surface area contributed by atoms with Gasteiger partial charge >= 0.3 is 6.03 Å². The van der Waals surface area contributed by atoms with E-state index in [-0.39, 0.29) is 12.1 Å². The molecule has 0 saturated carbocycles. The lowest BCUT2D eigenvalue weighted by molar-refractivity contribution is 0.142. The Morgan fingerprint density at radius 3 is 2.86 bits per heavy atom. The molecule has 7 heteroatoms. The molecular weight excluding hydrogens is 388 g/mol. The molecule has 2 amide bonds. The Bertz CT molecular complexity index is 1030. The van der Waals surface area contributed by atoms with Crippen LogP contribution in [0, 0.1) is 13.8 Å². The van der Waals surface area contributed by atoms with E-state index in [1.807, 2.05) is 38.1 Å². The van der Waals surface area contributed by atoms with Crippen LogP contribution in [0.2, 0.25) is 5.02 Å². The second-order valence-corrected chi connectivity index (χ2v) is 7.86. The number of nitrogens with one attached hydrogen (secondary N) is 1. The van der Waals surface area contributed by atoms with E-state index >= 15 is 0 Å². The van der Waals surface area contributed by atoms with Crippen LogP contribution in [-0.4, -0.2) is 27.6 Å². The molecule has 29 heavy (non-hydrogen) atoms. The van der Waals surface area contributed by atoms with Crippen molar-refractivity contribution < 1.29 is 9.32 Å². The maximum absolute atomic E-state index is 13.0. The van der Waals surface area contributed by atoms with E-state index in [9.17, 15) is 4.79 Å². The number of nitrogens with zero attached hydrogens (tertiary/aromatic N) is 3. The Kier molecular flexibility index (Phi) is 5.53. The van der Waals surface area contributed by atoms with Crippen LogP contribution in [0.1, 0.15) is 42.3 Å². The largest absolute Gasteiger partial charge is 0.337 e. The standard InChI is InChI=1S/C22H23ClN4O2/c1-14-9-10-18(15(2)12-14)24-22(28)27-11-4-3-8-19(27)21-25-20(26-29-21)16-6-5-7-17(23)13-16/h5-7,9-10,12-13,19H,3-4,8,11H2,1-2H3,(H,24,28)/t19-/m1/s1. The minimum atomic E-state index is -0.241. The number of aromatic nitrogens is 2. The molecule has 4 rings (SSSR count). The quantitative estimate of drug-likeness (QED) is 0.595. The summed E-state index contributed by atoms with van der Waals surface area (Å²) in [6.07, 6.45) is 2.75. The first-order valence-electron chi connectivity index (χ1n) is 9.75. The average molecular weight is 411 g/mol. The third-order valence-corrected chi connectivity index (χ3v) is 5.43. The highest BCUT2D eigenvalue weighted by Crippen LogP contribution is 2.32. The van der Waals surface area contributed by atoms with E-state index in [2.05, 4.69) is 21.5 Å². The van der Waals surface area contributed by atoms with Gasteiger partial charge < -0.3 is 14.7 Å². The van der Waals surface area contributed by atoms with Crippen molar-refractivity contribution in [3.63, 3.8) is 0 Å². The van der Waals surface area contributed by atoms with Gasteiger partial charge in [0.15, 0.2) is 0 Å². The van der Waals surface area contributed by atoms with Crippen LogP contribution in [0.3, 0.4) is 0 Å². The van der Waals surface area contributed by atoms with E-state index in [1.165, 1.54) is 0 Å². The van der Waals surface area contributed by atoms with Crippen LogP contribution < -0.4 is 5.32 Å². The zero-order chi connectivity index (χ0) is 20.4. The van der Waals surface area contributed by atoms with E-state index in [0.29, 0.717) is 23.3 Å². The van der Waals surface area contributed by atoms with Gasteiger partial charge in [-0.3, -0.25) is 0 Å². The van der Waals surface area contributed by atoms with Gasteiger partial charge in [0.05, 0.1) is 0 Å². The van der Waals surface area contributed by atoms with Crippen LogP contribution in [0.4, 0.5) is 10.5 Å². The predicted octanol–water partition coefficient (Wildman–Crippen LogP) is 5.77. The van der Waals surface area contributed by atoms with E-state index in [1.54, 1.807) is 17.0 Å². The number of carbonyl (C=O) groups excluding carboxylic acids is 1. The van der Waals surface area contributed by atoms with E-state index < -0.39 is 0 Å². The smallest absolute Gasteiger partial charge is 0.322 e. The molecule has 1 N–H and O–H groups in total. The highest BCUT2D eigenvalue weighted by Gasteiger charge is 2.32. The van der Waals surface area contributed by atoms with Crippen molar-refractivity contribution in [2.75, 3.05) is 11.9 Å². The number of likely N-dealkylation sites (tertiary alicyclic amines) is 1. The lowest BCUT2D eigenvalue weighted by Crippen LogP contribution is -2.41. The normalized spacial score (nSPS) is 16.7. The van der Waals surface area contributed by atoms with Crippen molar-refractivity contribution in [1.29, 1.82) is 0 Å². The Morgan fingerprint density at radius 2 is 2.07 bits per heavy atom. The molecule has 0 radical (unpaired) electrons. The maximum atomic E-state index is 13.0. The summed E-state index contributed by atoms with van der Waals surface area (Å²) in [5.41, 5.74) is 3.80. The molecular formula is C22H23ClN4O2. The third-order valence-electron chi connectivity index (χ3n) is 5.20. The number of hydrogen-bond acceptors (Lipinski definition) is 4. The van der Waals surface area contributed by atoms with Crippen LogP contribution >= 0.6 is 11.6 Å². The van der Waals surface area contributed by atoms with Crippen molar-refractivity contribution in [2.45, 2.75) is 39.2 Å². The fourth-order valence-electron chi connectivity index (χ4n) is 3.69. The molecule has 1 atom stereocenters. The van der Waals surface area contributed by atoms with Gasteiger partial charge in [-0.15, -0.1) is 0 Å². The Morgan fingerprint density at radius 1 is 1.21 bits per heavy atom. The number of halogens is 1. The number of piperidine rings is 1. The average Bonchev–Trinajstić information content (AvgIpc) is 3.20. The minimum Gasteiger partial charge on any atom is -0.337 e. The van der Waals surface area contributed by atoms with Gasteiger partial charge in [0, 0.05) is 22.8 Å². The minimum absolute atomic E-state index is 0.149. The Labute approximate surface area is 174 Å². The zero-order valence-corrected chi connectivity index (χ0v) is 17.2. The summed E-state index contributed by atoms with van der Waals surface area (Å²) in [7, 11) is 0. The SMILES string of the molecule is Cc1ccc(NC(=O)N2CCCC[C@@H]2c2nc(-c3cccc(Cl)c3)no2)c(C)c1. The molecule has 150 valence electrons. The van der Waals surface area contributed by atoms with Crippen LogP contribution in [0.5, 0.6) is 0 Å². The molecule has 0 spiro atoms. The van der Waals surface area contributed by atoms with Crippen molar-refractivity contribution >= 4 is 23.3 Å². The van der Waals surface area contributed by atoms with Gasteiger partial charge in [0.1, 0.15) is 6.04 Å². The monoisotopic (exact) mass is 410 g/mol. The number of rotatable bonds is 3. The number of hydrogen-bond donors (Lipinski definition) is 1. The summed E-state index contributed by atoms with van der Waals surface area (Å²) in [4.78, 5) is 19.4. The topological polar surface area (TPSA) is 71.3 Å². The molecule has 1 aromatic heterocycles. The first kappa shape index (κ1) is 19.5. The molecule has 2 heterocycles. The Balaban J connectivity index is 1.55. The van der Waals surface area contributed by atoms with Gasteiger partial charge in [0.25, 0.3) is 0 Å². The molecule has 2 aromatic carbocycles. The van der Waals surface area contributed by atoms with Crippen molar-refractivity contribution in [1.82, 2.24) is 15.0 Å². The molecule has 3 aromatic rings.